The molecular weight excluding hydrogens is 403 g/mol. The lowest BCUT2D eigenvalue weighted by atomic mass is 10.2. The molecule has 0 aliphatic heterocycles. The number of hydrogen-bond acceptors (Lipinski definition) is 2. The van der Waals surface area contributed by atoms with Crippen molar-refractivity contribution in [3.05, 3.63) is 69.8 Å². The highest BCUT2D eigenvalue weighted by atomic mass is 35.5. The Morgan fingerprint density at radius 3 is 2.67 bits per heavy atom. The molecule has 0 aliphatic carbocycles. The maximum atomic E-state index is 6.36. The van der Waals surface area contributed by atoms with E-state index >= 15 is 0 Å². The molecule has 3 aromatic rings. The van der Waals surface area contributed by atoms with Crippen LogP contribution in [-0.2, 0) is 17.8 Å². The fourth-order valence-corrected chi connectivity index (χ4v) is 3.56. The van der Waals surface area contributed by atoms with Gasteiger partial charge in [0.05, 0.1) is 0 Å². The molecule has 1 heterocycles. The first-order chi connectivity index (χ1) is 12.7. The van der Waals surface area contributed by atoms with Crippen LogP contribution < -0.4 is 5.32 Å². The lowest BCUT2D eigenvalue weighted by molar-refractivity contribution is 0.144. The van der Waals surface area contributed by atoms with Gasteiger partial charge in [-0.05, 0) is 49.2 Å². The quantitative estimate of drug-likeness (QED) is 0.428. The first-order valence-electron chi connectivity index (χ1n) is 8.98. The van der Waals surface area contributed by atoms with Crippen LogP contribution >= 0.6 is 35.6 Å². The summed E-state index contributed by atoms with van der Waals surface area (Å²) in [7, 11) is 0. The van der Waals surface area contributed by atoms with Gasteiger partial charge in [-0.2, -0.15) is 0 Å². The number of nitrogens with one attached hydrogen (secondary N) is 1. The molecule has 0 atom stereocenters. The minimum Gasteiger partial charge on any atom is -0.382 e. The second-order valence-electron chi connectivity index (χ2n) is 6.26. The van der Waals surface area contributed by atoms with Crippen LogP contribution in [0.4, 0.5) is 0 Å². The number of fused-ring (bicyclic) bond motifs is 1. The molecule has 3 rings (SSSR count). The van der Waals surface area contributed by atoms with Crippen LogP contribution in [0, 0.1) is 0 Å². The third-order valence-electron chi connectivity index (χ3n) is 4.39. The Balaban J connectivity index is 0.00000261. The monoisotopic (exact) mass is 426 g/mol. The second-order valence-corrected chi connectivity index (χ2v) is 7.11. The van der Waals surface area contributed by atoms with Crippen LogP contribution in [0.25, 0.3) is 10.9 Å². The first-order valence-corrected chi connectivity index (χ1v) is 9.73. The standard InChI is InChI=1S/C21H24Cl2N2O.ClH/c1-2-26-11-5-10-24-13-17-15-25(21-7-4-3-6-19(17)21)14-16-8-9-18(22)12-20(16)23;/h3-4,6-9,12,15,24H,2,5,10-11,13-14H2,1H3;1H. The molecule has 6 heteroatoms. The minimum absolute atomic E-state index is 0. The topological polar surface area (TPSA) is 26.2 Å². The molecule has 0 unspecified atom stereocenters. The molecule has 0 saturated carbocycles. The zero-order valence-electron chi connectivity index (χ0n) is 15.4. The summed E-state index contributed by atoms with van der Waals surface area (Å²) >= 11 is 12.4. The summed E-state index contributed by atoms with van der Waals surface area (Å²) in [6.45, 7) is 6.12. The Kier molecular flexibility index (Phi) is 8.94. The SMILES string of the molecule is CCOCCCNCc1cn(Cc2ccc(Cl)cc2Cl)c2ccccc12.Cl. The van der Waals surface area contributed by atoms with Crippen LogP contribution in [-0.4, -0.2) is 24.3 Å². The Labute approximate surface area is 177 Å². The van der Waals surface area contributed by atoms with Crippen molar-refractivity contribution in [2.24, 2.45) is 0 Å². The van der Waals surface area contributed by atoms with Crippen molar-refractivity contribution >= 4 is 46.5 Å². The van der Waals surface area contributed by atoms with Gasteiger partial charge >= 0.3 is 0 Å². The number of aromatic nitrogens is 1. The van der Waals surface area contributed by atoms with Gasteiger partial charge in [0.25, 0.3) is 0 Å². The molecule has 1 aromatic heterocycles. The van der Waals surface area contributed by atoms with E-state index in [1.807, 2.05) is 19.1 Å². The number of benzene rings is 2. The summed E-state index contributed by atoms with van der Waals surface area (Å²) in [4.78, 5) is 0. The van der Waals surface area contributed by atoms with Crippen LogP contribution in [0.5, 0.6) is 0 Å². The van der Waals surface area contributed by atoms with Gasteiger partial charge in [0, 0.05) is 53.4 Å². The molecule has 0 bridgehead atoms. The van der Waals surface area contributed by atoms with E-state index in [0.29, 0.717) is 10.0 Å². The van der Waals surface area contributed by atoms with Crippen LogP contribution in [0.3, 0.4) is 0 Å². The maximum Gasteiger partial charge on any atom is 0.0491 e. The zero-order chi connectivity index (χ0) is 18.4. The van der Waals surface area contributed by atoms with Crippen molar-refractivity contribution in [2.75, 3.05) is 19.8 Å². The maximum absolute atomic E-state index is 6.36. The van der Waals surface area contributed by atoms with Gasteiger partial charge in [0.2, 0.25) is 0 Å². The van der Waals surface area contributed by atoms with Crippen molar-refractivity contribution in [3.63, 3.8) is 0 Å². The van der Waals surface area contributed by atoms with Crippen molar-refractivity contribution in [2.45, 2.75) is 26.4 Å². The molecule has 0 radical (unpaired) electrons. The summed E-state index contributed by atoms with van der Waals surface area (Å²) in [6, 6.07) is 14.2. The Hall–Kier alpha value is -1.23. The molecule has 3 nitrogen and oxygen atoms in total. The van der Waals surface area contributed by atoms with Gasteiger partial charge in [-0.15, -0.1) is 12.4 Å². The Morgan fingerprint density at radius 1 is 1.07 bits per heavy atom. The van der Waals surface area contributed by atoms with Gasteiger partial charge in [0.1, 0.15) is 0 Å². The van der Waals surface area contributed by atoms with Crippen LogP contribution in [0.1, 0.15) is 24.5 Å². The molecule has 0 amide bonds. The summed E-state index contributed by atoms with van der Waals surface area (Å²) in [6.07, 6.45) is 3.23. The number of nitrogens with zero attached hydrogens (tertiary/aromatic N) is 1. The fourth-order valence-electron chi connectivity index (χ4n) is 3.09. The zero-order valence-corrected chi connectivity index (χ0v) is 17.7. The average molecular weight is 428 g/mol. The van der Waals surface area contributed by atoms with E-state index in [0.717, 1.165) is 44.8 Å². The minimum atomic E-state index is 0. The van der Waals surface area contributed by atoms with Gasteiger partial charge in [-0.1, -0.05) is 47.5 Å². The van der Waals surface area contributed by atoms with E-state index < -0.39 is 0 Å². The van der Waals surface area contributed by atoms with Crippen molar-refractivity contribution in [1.82, 2.24) is 9.88 Å². The third-order valence-corrected chi connectivity index (χ3v) is 4.98. The van der Waals surface area contributed by atoms with E-state index in [9.17, 15) is 0 Å². The predicted molar refractivity (Wildman–Crippen MR) is 118 cm³/mol. The number of hydrogen-bond donors (Lipinski definition) is 1. The molecule has 27 heavy (non-hydrogen) atoms. The highest BCUT2D eigenvalue weighted by molar-refractivity contribution is 6.35. The lowest BCUT2D eigenvalue weighted by Gasteiger charge is -2.08. The molecule has 2 aromatic carbocycles. The van der Waals surface area contributed by atoms with Gasteiger partial charge in [-0.3, -0.25) is 0 Å². The van der Waals surface area contributed by atoms with Gasteiger partial charge in [-0.25, -0.2) is 0 Å². The largest absolute Gasteiger partial charge is 0.382 e. The average Bonchev–Trinajstić information content (AvgIpc) is 2.98. The second kappa shape index (κ2) is 10.9. The number of halogens is 3. The van der Waals surface area contributed by atoms with E-state index in [1.54, 1.807) is 6.07 Å². The van der Waals surface area contributed by atoms with Gasteiger partial charge < -0.3 is 14.6 Å². The summed E-state index contributed by atoms with van der Waals surface area (Å²) in [5.41, 5.74) is 3.57. The third kappa shape index (κ3) is 5.87. The van der Waals surface area contributed by atoms with E-state index in [2.05, 4.69) is 40.3 Å². The van der Waals surface area contributed by atoms with Crippen molar-refractivity contribution < 1.29 is 4.74 Å². The van der Waals surface area contributed by atoms with Crippen molar-refractivity contribution in [1.29, 1.82) is 0 Å². The van der Waals surface area contributed by atoms with E-state index in [-0.39, 0.29) is 12.4 Å². The molecule has 1 N–H and O–H groups in total. The predicted octanol–water partition coefficient (Wildman–Crippen LogP) is 5.93. The Morgan fingerprint density at radius 2 is 1.89 bits per heavy atom. The molecule has 0 saturated heterocycles. The highest BCUT2D eigenvalue weighted by Gasteiger charge is 2.10. The van der Waals surface area contributed by atoms with Gasteiger partial charge in [0.15, 0.2) is 0 Å². The van der Waals surface area contributed by atoms with Crippen LogP contribution in [0.2, 0.25) is 10.0 Å². The molecule has 0 spiro atoms. The Bertz CT molecular complexity index is 864. The normalized spacial score (nSPS) is 10.9. The lowest BCUT2D eigenvalue weighted by Crippen LogP contribution is -2.16. The number of para-hydroxylation sites is 1. The summed E-state index contributed by atoms with van der Waals surface area (Å²) < 4.78 is 7.63. The van der Waals surface area contributed by atoms with E-state index in [4.69, 9.17) is 27.9 Å². The van der Waals surface area contributed by atoms with Crippen LogP contribution in [0.15, 0.2) is 48.7 Å². The fraction of sp³-hybridized carbons (Fsp3) is 0.333. The number of rotatable bonds is 9. The highest BCUT2D eigenvalue weighted by Crippen LogP contribution is 2.26. The summed E-state index contributed by atoms with van der Waals surface area (Å²) in [5.74, 6) is 0. The first kappa shape index (κ1) is 22.1. The van der Waals surface area contributed by atoms with Crippen molar-refractivity contribution in [3.8, 4) is 0 Å². The smallest absolute Gasteiger partial charge is 0.0491 e. The number of ether oxygens (including phenoxy) is 1. The summed E-state index contributed by atoms with van der Waals surface area (Å²) in [5, 5.41) is 6.15. The molecular formula is C21H25Cl3N2O. The molecule has 146 valence electrons. The molecule has 0 fully saturated rings. The van der Waals surface area contributed by atoms with E-state index in [1.165, 1.54) is 16.5 Å². The molecule has 0 aliphatic rings.